The lowest BCUT2D eigenvalue weighted by Crippen LogP contribution is -2.29. The van der Waals surface area contributed by atoms with Crippen LogP contribution in [0.4, 0.5) is 0 Å². The monoisotopic (exact) mass is 311 g/mol. The molecule has 0 saturated carbocycles. The molecule has 0 spiro atoms. The summed E-state index contributed by atoms with van der Waals surface area (Å²) in [6, 6.07) is 25.6. The van der Waals surface area contributed by atoms with Crippen LogP contribution in [0.2, 0.25) is 0 Å². The summed E-state index contributed by atoms with van der Waals surface area (Å²) in [5.41, 5.74) is 0.260. The number of rotatable bonds is 3. The molecule has 0 bridgehead atoms. The van der Waals surface area contributed by atoms with Crippen LogP contribution >= 0.6 is 7.14 Å². The van der Waals surface area contributed by atoms with Gasteiger partial charge >= 0.3 is 0 Å². The Kier molecular flexibility index (Phi) is 3.67. The third-order valence-corrected chi connectivity index (χ3v) is 8.17. The van der Waals surface area contributed by atoms with Gasteiger partial charge in [-0.2, -0.15) is 7.14 Å². The summed E-state index contributed by atoms with van der Waals surface area (Å²) in [5, 5.41) is 5.05. The van der Waals surface area contributed by atoms with Crippen molar-refractivity contribution in [2.75, 3.05) is 0 Å². The van der Waals surface area contributed by atoms with Gasteiger partial charge in [-0.05, 0) is 35.7 Å². The van der Waals surface area contributed by atoms with Crippen molar-refractivity contribution in [1.29, 1.82) is 0 Å². The SMILES string of the molecule is [B-][P+](c1ccccc1)(c1cccc2ccccc12)C1C=CC=C1. The molecule has 2 heteroatoms. The maximum atomic E-state index is 7.22. The number of hydrogen-bond donors (Lipinski definition) is 0. The minimum atomic E-state index is -2.04. The molecular weight excluding hydrogens is 294 g/mol. The smallest absolute Gasteiger partial charge is 0.0676 e. The standard InChI is InChI=1S/C21H17BP/c22-23(19-13-5-6-14-19,18-11-2-1-3-12-18)21-16-8-10-17-9-4-7-15-20(17)21/h1-16,19H. The fourth-order valence-corrected chi connectivity index (χ4v) is 6.65. The second-order valence-corrected chi connectivity index (χ2v) is 9.02. The average Bonchev–Trinajstić information content (AvgIpc) is 3.16. The Morgan fingerprint density at radius 3 is 2.13 bits per heavy atom. The maximum absolute atomic E-state index is 7.22. The minimum Gasteiger partial charge on any atom is -0.291 e. The van der Waals surface area contributed by atoms with Crippen molar-refractivity contribution in [3.8, 4) is 0 Å². The first-order chi connectivity index (χ1) is 11.3. The van der Waals surface area contributed by atoms with E-state index in [1.54, 1.807) is 0 Å². The quantitative estimate of drug-likeness (QED) is 0.497. The van der Waals surface area contributed by atoms with E-state index in [-0.39, 0.29) is 5.66 Å². The molecular formula is C21H17BP. The van der Waals surface area contributed by atoms with Crippen LogP contribution in [0.1, 0.15) is 0 Å². The Hall–Kier alpha value is -2.11. The normalized spacial score (nSPS) is 16.7. The Morgan fingerprint density at radius 2 is 1.35 bits per heavy atom. The molecule has 3 radical (unpaired) electrons. The largest absolute Gasteiger partial charge is 0.291 e. The molecule has 23 heavy (non-hydrogen) atoms. The van der Waals surface area contributed by atoms with Crippen LogP contribution in [-0.2, 0) is 0 Å². The lowest BCUT2D eigenvalue weighted by molar-refractivity contribution is 1.44. The number of hydrogen-bond acceptors (Lipinski definition) is 0. The van der Waals surface area contributed by atoms with Crippen molar-refractivity contribution >= 4 is 36.1 Å². The van der Waals surface area contributed by atoms with Crippen LogP contribution in [-0.4, -0.2) is 13.2 Å². The fourth-order valence-electron chi connectivity index (χ4n) is 3.37. The highest BCUT2D eigenvalue weighted by Gasteiger charge is 2.33. The van der Waals surface area contributed by atoms with Crippen molar-refractivity contribution in [3.05, 3.63) is 97.1 Å². The molecule has 1 atom stereocenters. The van der Waals surface area contributed by atoms with Crippen LogP contribution in [0.15, 0.2) is 97.1 Å². The van der Waals surface area contributed by atoms with Gasteiger partial charge in [0, 0.05) is 10.7 Å². The summed E-state index contributed by atoms with van der Waals surface area (Å²) >= 11 is 0. The summed E-state index contributed by atoms with van der Waals surface area (Å²) in [6.45, 7) is 0. The molecule has 4 rings (SSSR count). The summed E-state index contributed by atoms with van der Waals surface area (Å²) < 4.78 is 0. The van der Waals surface area contributed by atoms with E-state index in [4.69, 9.17) is 7.57 Å². The minimum absolute atomic E-state index is 0.260. The van der Waals surface area contributed by atoms with Crippen molar-refractivity contribution in [2.24, 2.45) is 0 Å². The molecule has 109 valence electrons. The van der Waals surface area contributed by atoms with Gasteiger partial charge in [0.05, 0.1) is 11.0 Å². The van der Waals surface area contributed by atoms with Gasteiger partial charge in [0.25, 0.3) is 0 Å². The van der Waals surface area contributed by atoms with Gasteiger partial charge in [0.15, 0.2) is 0 Å². The highest BCUT2D eigenvalue weighted by molar-refractivity contribution is 8.09. The highest BCUT2D eigenvalue weighted by atomic mass is 31.2. The summed E-state index contributed by atoms with van der Waals surface area (Å²) in [7, 11) is 5.18. The number of benzene rings is 3. The number of fused-ring (bicyclic) bond motifs is 1. The molecule has 0 N–H and O–H groups in total. The fraction of sp³-hybridized carbons (Fsp3) is 0.0476. The van der Waals surface area contributed by atoms with Crippen LogP contribution in [0.25, 0.3) is 10.8 Å². The first-order valence-electron chi connectivity index (χ1n) is 7.86. The Bertz CT molecular complexity index is 881. The summed E-state index contributed by atoms with van der Waals surface area (Å²) in [6.07, 6.45) is 8.70. The van der Waals surface area contributed by atoms with E-state index < -0.39 is 7.14 Å². The van der Waals surface area contributed by atoms with E-state index >= 15 is 0 Å². The maximum Gasteiger partial charge on any atom is 0.0676 e. The Morgan fingerprint density at radius 1 is 0.696 bits per heavy atom. The lowest BCUT2D eigenvalue weighted by Gasteiger charge is -2.41. The molecule has 0 aromatic heterocycles. The van der Waals surface area contributed by atoms with Crippen LogP contribution in [0.5, 0.6) is 0 Å². The molecule has 0 fully saturated rings. The highest BCUT2D eigenvalue weighted by Crippen LogP contribution is 2.59. The molecule has 0 amide bonds. The van der Waals surface area contributed by atoms with Crippen LogP contribution in [0, 0.1) is 0 Å². The van der Waals surface area contributed by atoms with E-state index in [1.807, 2.05) is 0 Å². The summed E-state index contributed by atoms with van der Waals surface area (Å²) in [5.74, 6) is 0. The molecule has 3 aromatic rings. The van der Waals surface area contributed by atoms with E-state index in [2.05, 4.69) is 97.1 Å². The average molecular weight is 311 g/mol. The van der Waals surface area contributed by atoms with E-state index in [9.17, 15) is 0 Å². The molecule has 3 aromatic carbocycles. The first-order valence-corrected chi connectivity index (χ1v) is 9.79. The zero-order valence-electron chi connectivity index (χ0n) is 12.8. The Balaban J connectivity index is 2.02. The van der Waals surface area contributed by atoms with Gasteiger partial charge < -0.3 is 0 Å². The van der Waals surface area contributed by atoms with Gasteiger partial charge in [-0.15, -0.1) is 0 Å². The van der Waals surface area contributed by atoms with Gasteiger partial charge in [0.2, 0.25) is 0 Å². The lowest BCUT2D eigenvalue weighted by atomic mass is 10.1. The van der Waals surface area contributed by atoms with Crippen molar-refractivity contribution in [3.63, 3.8) is 0 Å². The van der Waals surface area contributed by atoms with Gasteiger partial charge in [-0.1, -0.05) is 66.7 Å². The van der Waals surface area contributed by atoms with Crippen molar-refractivity contribution < 1.29 is 0 Å². The molecule has 0 nitrogen and oxygen atoms in total. The van der Waals surface area contributed by atoms with Crippen LogP contribution in [0.3, 0.4) is 0 Å². The third-order valence-electron chi connectivity index (χ3n) is 4.55. The molecule has 0 saturated heterocycles. The van der Waals surface area contributed by atoms with Crippen molar-refractivity contribution in [1.82, 2.24) is 0 Å². The van der Waals surface area contributed by atoms with Gasteiger partial charge in [0.1, 0.15) is 0 Å². The topological polar surface area (TPSA) is 0 Å². The first kappa shape index (κ1) is 14.5. The second-order valence-electron chi connectivity index (χ2n) is 5.87. The van der Waals surface area contributed by atoms with E-state index in [0.29, 0.717) is 0 Å². The predicted molar refractivity (Wildman–Crippen MR) is 104 cm³/mol. The summed E-state index contributed by atoms with van der Waals surface area (Å²) in [4.78, 5) is 0. The second kappa shape index (κ2) is 5.83. The molecule has 1 unspecified atom stereocenters. The van der Waals surface area contributed by atoms with Crippen LogP contribution < -0.4 is 10.6 Å². The molecule has 0 heterocycles. The molecule has 1 aliphatic carbocycles. The van der Waals surface area contributed by atoms with E-state index in [0.717, 1.165) is 0 Å². The third kappa shape index (κ3) is 2.37. The van der Waals surface area contributed by atoms with Gasteiger partial charge in [-0.25, -0.2) is 0 Å². The molecule has 1 aliphatic rings. The van der Waals surface area contributed by atoms with Crippen molar-refractivity contribution in [2.45, 2.75) is 5.66 Å². The zero-order chi connectivity index (χ0) is 15.7. The van der Waals surface area contributed by atoms with E-state index in [1.165, 1.54) is 21.4 Å². The number of allylic oxidation sites excluding steroid dienone is 4. The molecule has 0 aliphatic heterocycles. The van der Waals surface area contributed by atoms with Gasteiger partial charge in [-0.3, -0.25) is 7.57 Å². The predicted octanol–water partition coefficient (Wildman–Crippen LogP) is 4.39. The Labute approximate surface area is 139 Å². The zero-order valence-corrected chi connectivity index (χ0v) is 13.7.